The molecule has 2 amide bonds. The van der Waals surface area contributed by atoms with Gasteiger partial charge < -0.3 is 19.7 Å². The van der Waals surface area contributed by atoms with Crippen LogP contribution in [0.1, 0.15) is 27.2 Å². The first kappa shape index (κ1) is 12.2. The molecule has 2 heterocycles. The van der Waals surface area contributed by atoms with Crippen LogP contribution < -0.4 is 5.32 Å². The van der Waals surface area contributed by atoms with Crippen LogP contribution in [0.15, 0.2) is 0 Å². The zero-order chi connectivity index (χ0) is 12.6. The number of hydrogen-bond acceptors (Lipinski definition) is 4. The maximum Gasteiger partial charge on any atom is 0.408 e. The van der Waals surface area contributed by atoms with Gasteiger partial charge in [0.25, 0.3) is 5.91 Å². The van der Waals surface area contributed by atoms with Crippen LogP contribution in [-0.4, -0.2) is 47.9 Å². The van der Waals surface area contributed by atoms with Crippen molar-refractivity contribution in [3.63, 3.8) is 0 Å². The topological polar surface area (TPSA) is 67.9 Å². The van der Waals surface area contributed by atoms with Crippen molar-refractivity contribution in [1.29, 1.82) is 0 Å². The molecule has 17 heavy (non-hydrogen) atoms. The molecule has 0 radical (unpaired) electrons. The standard InChI is InChI=1S/C11H18N2O4/c1-11(2,3)17-10(15)12-7-8(14)13-5-4-6-16-9(7)13/h7,9H,4-6H2,1-3H3,(H,12,15)/t7-,9?/m1/s1. The summed E-state index contributed by atoms with van der Waals surface area (Å²) in [6.45, 7) is 6.66. The number of rotatable bonds is 1. The molecule has 2 rings (SSSR count). The molecule has 96 valence electrons. The van der Waals surface area contributed by atoms with E-state index < -0.39 is 17.7 Å². The second kappa shape index (κ2) is 4.18. The molecule has 6 heteroatoms. The first-order chi connectivity index (χ1) is 7.88. The van der Waals surface area contributed by atoms with Gasteiger partial charge in [0.15, 0.2) is 12.3 Å². The van der Waals surface area contributed by atoms with Gasteiger partial charge in [0.05, 0.1) is 6.61 Å². The fourth-order valence-corrected chi connectivity index (χ4v) is 1.95. The number of nitrogens with one attached hydrogen (secondary N) is 1. The molecule has 1 N–H and O–H groups in total. The number of nitrogens with zero attached hydrogens (tertiary/aromatic N) is 1. The maximum atomic E-state index is 11.7. The lowest BCUT2D eigenvalue weighted by Gasteiger charge is -2.48. The van der Waals surface area contributed by atoms with E-state index in [2.05, 4.69) is 5.32 Å². The number of amides is 2. The first-order valence-electron chi connectivity index (χ1n) is 5.80. The van der Waals surface area contributed by atoms with Gasteiger partial charge in [0, 0.05) is 6.54 Å². The van der Waals surface area contributed by atoms with Crippen LogP contribution in [0.3, 0.4) is 0 Å². The van der Waals surface area contributed by atoms with E-state index in [1.807, 2.05) is 0 Å². The van der Waals surface area contributed by atoms with Crippen LogP contribution in [0, 0.1) is 0 Å². The van der Waals surface area contributed by atoms with Crippen molar-refractivity contribution in [3.8, 4) is 0 Å². The summed E-state index contributed by atoms with van der Waals surface area (Å²) in [6.07, 6.45) is -0.0464. The highest BCUT2D eigenvalue weighted by molar-refractivity contribution is 5.92. The molecular weight excluding hydrogens is 224 g/mol. The SMILES string of the molecule is CC(C)(C)OC(=O)N[C@@H]1C(=O)N2CCCOC12. The molecule has 2 atom stereocenters. The highest BCUT2D eigenvalue weighted by Crippen LogP contribution is 2.25. The van der Waals surface area contributed by atoms with E-state index in [9.17, 15) is 9.59 Å². The molecule has 0 aromatic heterocycles. The lowest BCUT2D eigenvalue weighted by Crippen LogP contribution is -2.73. The van der Waals surface area contributed by atoms with E-state index in [4.69, 9.17) is 9.47 Å². The van der Waals surface area contributed by atoms with Gasteiger partial charge in [-0.2, -0.15) is 0 Å². The predicted molar refractivity (Wildman–Crippen MR) is 59.2 cm³/mol. The van der Waals surface area contributed by atoms with Gasteiger partial charge in [-0.1, -0.05) is 0 Å². The Morgan fingerprint density at radius 3 is 2.88 bits per heavy atom. The third-order valence-electron chi connectivity index (χ3n) is 2.65. The molecule has 0 spiro atoms. The summed E-state index contributed by atoms with van der Waals surface area (Å²) in [7, 11) is 0. The average Bonchev–Trinajstić information content (AvgIpc) is 2.23. The molecule has 0 aromatic carbocycles. The number of fused-ring (bicyclic) bond motifs is 1. The predicted octanol–water partition coefficient (Wildman–Crippen LogP) is 0.468. The van der Waals surface area contributed by atoms with Crippen LogP contribution in [0.25, 0.3) is 0 Å². The van der Waals surface area contributed by atoms with Gasteiger partial charge in [-0.3, -0.25) is 4.79 Å². The van der Waals surface area contributed by atoms with Crippen LogP contribution in [-0.2, 0) is 14.3 Å². The molecule has 0 aliphatic carbocycles. The van der Waals surface area contributed by atoms with Crippen molar-refractivity contribution in [2.24, 2.45) is 0 Å². The number of alkyl carbamates (subject to hydrolysis) is 1. The van der Waals surface area contributed by atoms with E-state index in [0.29, 0.717) is 13.2 Å². The summed E-state index contributed by atoms with van der Waals surface area (Å²) in [5.74, 6) is -0.0967. The van der Waals surface area contributed by atoms with E-state index in [1.54, 1.807) is 25.7 Å². The fourth-order valence-electron chi connectivity index (χ4n) is 1.95. The second-order valence-corrected chi connectivity index (χ2v) is 5.27. The largest absolute Gasteiger partial charge is 0.444 e. The van der Waals surface area contributed by atoms with Gasteiger partial charge >= 0.3 is 6.09 Å². The summed E-state index contributed by atoms with van der Waals surface area (Å²) in [5, 5.41) is 2.54. The van der Waals surface area contributed by atoms with Crippen molar-refractivity contribution in [3.05, 3.63) is 0 Å². The minimum atomic E-state index is -0.592. The lowest BCUT2D eigenvalue weighted by molar-refractivity contribution is -0.195. The summed E-state index contributed by atoms with van der Waals surface area (Å²) >= 11 is 0. The summed E-state index contributed by atoms with van der Waals surface area (Å²) < 4.78 is 10.5. The number of β-lactam (4-membered cyclic amide) rings is 1. The molecule has 0 bridgehead atoms. The van der Waals surface area contributed by atoms with Crippen LogP contribution in [0.4, 0.5) is 4.79 Å². The molecule has 2 aliphatic heterocycles. The monoisotopic (exact) mass is 242 g/mol. The smallest absolute Gasteiger partial charge is 0.408 e. The van der Waals surface area contributed by atoms with Crippen LogP contribution >= 0.6 is 0 Å². The Hall–Kier alpha value is -1.30. The quantitative estimate of drug-likeness (QED) is 0.679. The van der Waals surface area contributed by atoms with Gasteiger partial charge in [-0.05, 0) is 27.2 Å². The van der Waals surface area contributed by atoms with E-state index >= 15 is 0 Å². The lowest BCUT2D eigenvalue weighted by atomic mass is 10.0. The molecule has 2 saturated heterocycles. The Morgan fingerprint density at radius 2 is 2.24 bits per heavy atom. The minimum Gasteiger partial charge on any atom is -0.444 e. The molecule has 2 fully saturated rings. The van der Waals surface area contributed by atoms with Crippen molar-refractivity contribution >= 4 is 12.0 Å². The molecule has 1 unspecified atom stereocenters. The zero-order valence-corrected chi connectivity index (χ0v) is 10.4. The van der Waals surface area contributed by atoms with Crippen molar-refractivity contribution < 1.29 is 19.1 Å². The highest BCUT2D eigenvalue weighted by Gasteiger charge is 2.50. The van der Waals surface area contributed by atoms with Crippen LogP contribution in [0.2, 0.25) is 0 Å². The third-order valence-corrected chi connectivity index (χ3v) is 2.65. The normalized spacial score (nSPS) is 28.2. The molecule has 2 aliphatic rings. The molecular formula is C11H18N2O4. The Bertz CT molecular complexity index is 337. The fraction of sp³-hybridized carbons (Fsp3) is 0.818. The maximum absolute atomic E-state index is 11.7. The summed E-state index contributed by atoms with van der Waals surface area (Å²) in [5.41, 5.74) is -0.565. The van der Waals surface area contributed by atoms with Gasteiger partial charge in [0.1, 0.15) is 5.60 Å². The van der Waals surface area contributed by atoms with E-state index in [0.717, 1.165) is 6.42 Å². The van der Waals surface area contributed by atoms with Crippen molar-refractivity contribution in [1.82, 2.24) is 10.2 Å². The van der Waals surface area contributed by atoms with E-state index in [-0.39, 0.29) is 12.1 Å². The molecule has 0 saturated carbocycles. The first-order valence-corrected chi connectivity index (χ1v) is 5.80. The Morgan fingerprint density at radius 1 is 1.53 bits per heavy atom. The van der Waals surface area contributed by atoms with Crippen molar-refractivity contribution in [2.45, 2.75) is 45.1 Å². The van der Waals surface area contributed by atoms with E-state index in [1.165, 1.54) is 0 Å². The number of hydrogen-bond donors (Lipinski definition) is 1. The second-order valence-electron chi connectivity index (χ2n) is 5.27. The van der Waals surface area contributed by atoms with Crippen molar-refractivity contribution in [2.75, 3.05) is 13.2 Å². The Labute approximate surface area is 100 Å². The highest BCUT2D eigenvalue weighted by atomic mass is 16.6. The number of carbonyl (C=O) groups excluding carboxylic acids is 2. The number of ether oxygens (including phenoxy) is 2. The minimum absolute atomic E-state index is 0.0967. The Balaban J connectivity index is 1.87. The van der Waals surface area contributed by atoms with Gasteiger partial charge in [0.2, 0.25) is 0 Å². The summed E-state index contributed by atoms with van der Waals surface area (Å²) in [6, 6.07) is -0.592. The Kier molecular flexibility index (Phi) is 2.99. The van der Waals surface area contributed by atoms with Crippen LogP contribution in [0.5, 0.6) is 0 Å². The number of carbonyl (C=O) groups is 2. The molecule has 6 nitrogen and oxygen atoms in total. The van der Waals surface area contributed by atoms with Gasteiger partial charge in [-0.25, -0.2) is 4.79 Å². The average molecular weight is 242 g/mol. The zero-order valence-electron chi connectivity index (χ0n) is 10.4. The van der Waals surface area contributed by atoms with Gasteiger partial charge in [-0.15, -0.1) is 0 Å². The third kappa shape index (κ3) is 2.52. The molecule has 0 aromatic rings. The summed E-state index contributed by atoms with van der Waals surface area (Å²) in [4.78, 5) is 24.8.